The highest BCUT2D eigenvalue weighted by Crippen LogP contribution is 2.34. The number of aromatic nitrogens is 1. The summed E-state index contributed by atoms with van der Waals surface area (Å²) in [6.07, 6.45) is 2.77. The van der Waals surface area contributed by atoms with E-state index < -0.39 is 11.8 Å². The molecule has 0 saturated heterocycles. The van der Waals surface area contributed by atoms with Crippen LogP contribution in [0.25, 0.3) is 5.69 Å². The van der Waals surface area contributed by atoms with Gasteiger partial charge in [0.15, 0.2) is 0 Å². The van der Waals surface area contributed by atoms with E-state index in [4.69, 9.17) is 5.11 Å². The molecule has 18 heavy (non-hydrogen) atoms. The fraction of sp³-hybridized carbons (Fsp3) is 0. The van der Waals surface area contributed by atoms with Crippen LogP contribution in [0.15, 0.2) is 24.5 Å². The number of benzene rings is 1. The molecule has 1 aromatic carbocycles. The maximum atomic E-state index is 13.0. The first-order valence-electron chi connectivity index (χ1n) is 4.70. The molecule has 0 radical (unpaired) electrons. The second-order valence-electron chi connectivity index (χ2n) is 3.46. The van der Waals surface area contributed by atoms with Crippen LogP contribution >= 0.6 is 45.2 Å². The van der Waals surface area contributed by atoms with E-state index in [1.165, 1.54) is 29.1 Å². The maximum Gasteiger partial charge on any atom is 0.339 e. The Kier molecular flexibility index (Phi) is 3.80. The molecule has 0 fully saturated rings. The zero-order valence-electron chi connectivity index (χ0n) is 8.69. The number of aromatic carboxylic acids is 1. The number of carbonyl (C=O) groups is 1. The van der Waals surface area contributed by atoms with Crippen molar-refractivity contribution >= 4 is 51.2 Å². The molecule has 0 amide bonds. The normalized spacial score (nSPS) is 10.6. The SMILES string of the molecule is O=C(O)c1cc(I)c(-n2ccc(F)c2)c(I)c1O. The van der Waals surface area contributed by atoms with Crippen molar-refractivity contribution in [1.82, 2.24) is 4.57 Å². The van der Waals surface area contributed by atoms with Gasteiger partial charge in [-0.15, -0.1) is 0 Å². The highest BCUT2D eigenvalue weighted by atomic mass is 127. The second kappa shape index (κ2) is 5.03. The molecule has 0 saturated carbocycles. The van der Waals surface area contributed by atoms with Crippen molar-refractivity contribution in [2.75, 3.05) is 0 Å². The van der Waals surface area contributed by atoms with E-state index in [9.17, 15) is 14.3 Å². The van der Waals surface area contributed by atoms with Gasteiger partial charge in [-0.05, 0) is 57.3 Å². The average Bonchev–Trinajstić information content (AvgIpc) is 2.70. The molecule has 0 atom stereocenters. The third-order valence-electron chi connectivity index (χ3n) is 2.31. The van der Waals surface area contributed by atoms with Gasteiger partial charge in [-0.2, -0.15) is 0 Å². The summed E-state index contributed by atoms with van der Waals surface area (Å²) in [5.74, 6) is -1.91. The highest BCUT2D eigenvalue weighted by Gasteiger charge is 2.19. The molecule has 0 aliphatic heterocycles. The van der Waals surface area contributed by atoms with Crippen LogP contribution in [0.2, 0.25) is 0 Å². The number of carboxylic acids is 1. The minimum absolute atomic E-state index is 0.167. The summed E-state index contributed by atoms with van der Waals surface area (Å²) >= 11 is 3.79. The largest absolute Gasteiger partial charge is 0.506 e. The Balaban J connectivity index is 2.70. The van der Waals surface area contributed by atoms with Crippen LogP contribution in [0.3, 0.4) is 0 Å². The molecule has 0 aliphatic rings. The van der Waals surface area contributed by atoms with Crippen molar-refractivity contribution in [3.8, 4) is 11.4 Å². The molecule has 0 unspecified atom stereocenters. The summed E-state index contributed by atoms with van der Waals surface area (Å²) in [4.78, 5) is 10.9. The Hall–Kier alpha value is -0.840. The van der Waals surface area contributed by atoms with Crippen LogP contribution < -0.4 is 0 Å². The number of hydrogen-bond donors (Lipinski definition) is 2. The van der Waals surface area contributed by atoms with E-state index in [1.807, 2.05) is 45.2 Å². The molecule has 4 nitrogen and oxygen atoms in total. The van der Waals surface area contributed by atoms with E-state index in [0.717, 1.165) is 0 Å². The van der Waals surface area contributed by atoms with Gasteiger partial charge in [0.25, 0.3) is 0 Å². The van der Waals surface area contributed by atoms with E-state index >= 15 is 0 Å². The molecule has 0 spiro atoms. The molecule has 7 heteroatoms. The Labute approximate surface area is 129 Å². The van der Waals surface area contributed by atoms with Gasteiger partial charge in [0.2, 0.25) is 0 Å². The summed E-state index contributed by atoms with van der Waals surface area (Å²) in [5.41, 5.74) is 0.391. The topological polar surface area (TPSA) is 62.5 Å². The first kappa shape index (κ1) is 13.6. The van der Waals surface area contributed by atoms with E-state index in [0.29, 0.717) is 12.8 Å². The molecule has 1 aromatic heterocycles. The molecule has 0 bridgehead atoms. The molecular weight excluding hydrogens is 467 g/mol. The predicted octanol–water partition coefficient (Wildman–Crippen LogP) is 3.23. The molecule has 1 heterocycles. The summed E-state index contributed by atoms with van der Waals surface area (Å²) < 4.78 is 15.5. The fourth-order valence-electron chi connectivity index (χ4n) is 1.51. The first-order valence-corrected chi connectivity index (χ1v) is 6.85. The third kappa shape index (κ3) is 2.32. The number of rotatable bonds is 2. The van der Waals surface area contributed by atoms with Gasteiger partial charge in [0.05, 0.1) is 9.26 Å². The smallest absolute Gasteiger partial charge is 0.339 e. The van der Waals surface area contributed by atoms with Crippen LogP contribution in [0.4, 0.5) is 4.39 Å². The van der Waals surface area contributed by atoms with Gasteiger partial charge in [-0.1, -0.05) is 0 Å². The number of phenols is 1. The lowest BCUT2D eigenvalue weighted by atomic mass is 10.2. The van der Waals surface area contributed by atoms with Crippen LogP contribution in [0.5, 0.6) is 5.75 Å². The Bertz CT molecular complexity index is 639. The number of nitrogens with zero attached hydrogens (tertiary/aromatic N) is 1. The Morgan fingerprint density at radius 2 is 2.06 bits per heavy atom. The third-order valence-corrected chi connectivity index (χ3v) is 4.16. The van der Waals surface area contributed by atoms with Crippen molar-refractivity contribution < 1.29 is 19.4 Å². The highest BCUT2D eigenvalue weighted by molar-refractivity contribution is 14.1. The fourth-order valence-corrected chi connectivity index (χ4v) is 3.74. The number of hydrogen-bond acceptors (Lipinski definition) is 2. The zero-order chi connectivity index (χ0) is 13.4. The summed E-state index contributed by atoms with van der Waals surface area (Å²) in [6, 6.07) is 2.64. The maximum absolute atomic E-state index is 13.0. The first-order chi connectivity index (χ1) is 8.41. The second-order valence-corrected chi connectivity index (χ2v) is 5.70. The van der Waals surface area contributed by atoms with Gasteiger partial charge < -0.3 is 14.8 Å². The zero-order valence-corrected chi connectivity index (χ0v) is 13.0. The molecule has 2 aromatic rings. The van der Waals surface area contributed by atoms with E-state index in [1.54, 1.807) is 0 Å². The standard InChI is InChI=1S/C11H6FI2NO3/c12-5-1-2-15(4-5)9-7(13)3-6(11(17)18)10(16)8(9)14/h1-4,16H,(H,17,18). The Morgan fingerprint density at radius 1 is 1.39 bits per heavy atom. The van der Waals surface area contributed by atoms with Crippen molar-refractivity contribution in [2.24, 2.45) is 0 Å². The lowest BCUT2D eigenvalue weighted by Gasteiger charge is -2.12. The quantitative estimate of drug-likeness (QED) is 0.660. The minimum Gasteiger partial charge on any atom is -0.506 e. The van der Waals surface area contributed by atoms with Gasteiger partial charge in [0, 0.05) is 16.0 Å². The van der Waals surface area contributed by atoms with Crippen molar-refractivity contribution in [3.63, 3.8) is 0 Å². The molecule has 0 aliphatic carbocycles. The van der Waals surface area contributed by atoms with Crippen LogP contribution in [0.1, 0.15) is 10.4 Å². The lowest BCUT2D eigenvalue weighted by Crippen LogP contribution is -2.04. The molecular formula is C11H6FI2NO3. The van der Waals surface area contributed by atoms with Gasteiger partial charge in [0.1, 0.15) is 17.1 Å². The van der Waals surface area contributed by atoms with E-state index in [2.05, 4.69) is 0 Å². The van der Waals surface area contributed by atoms with Crippen molar-refractivity contribution in [1.29, 1.82) is 0 Å². The van der Waals surface area contributed by atoms with Gasteiger partial charge >= 0.3 is 5.97 Å². The number of carboxylic acid groups (broad SMARTS) is 1. The minimum atomic E-state index is -1.20. The molecule has 94 valence electrons. The monoisotopic (exact) mass is 473 g/mol. The van der Waals surface area contributed by atoms with E-state index in [-0.39, 0.29) is 11.3 Å². The van der Waals surface area contributed by atoms with Gasteiger partial charge in [-0.3, -0.25) is 0 Å². The number of aromatic hydroxyl groups is 1. The molecule has 2 N–H and O–H groups in total. The summed E-state index contributed by atoms with van der Waals surface area (Å²) in [6.45, 7) is 0. The van der Waals surface area contributed by atoms with Gasteiger partial charge in [-0.25, -0.2) is 9.18 Å². The van der Waals surface area contributed by atoms with Crippen LogP contribution in [0, 0.1) is 13.0 Å². The summed E-state index contributed by atoms with van der Waals surface area (Å²) in [5, 5.41) is 18.8. The Morgan fingerprint density at radius 3 is 2.56 bits per heavy atom. The predicted molar refractivity (Wildman–Crippen MR) is 79.8 cm³/mol. The van der Waals surface area contributed by atoms with Crippen LogP contribution in [-0.4, -0.2) is 20.7 Å². The molecule has 2 rings (SSSR count). The van der Waals surface area contributed by atoms with Crippen molar-refractivity contribution in [2.45, 2.75) is 0 Å². The average molecular weight is 473 g/mol. The lowest BCUT2D eigenvalue weighted by molar-refractivity contribution is 0.0693. The van der Waals surface area contributed by atoms with Crippen LogP contribution in [-0.2, 0) is 0 Å². The van der Waals surface area contributed by atoms with Crippen molar-refractivity contribution in [3.05, 3.63) is 43.0 Å². The number of halogens is 3. The summed E-state index contributed by atoms with van der Waals surface area (Å²) in [7, 11) is 0.